The van der Waals surface area contributed by atoms with Crippen molar-refractivity contribution in [3.05, 3.63) is 42.6 Å². The summed E-state index contributed by atoms with van der Waals surface area (Å²) in [7, 11) is 3.28. The third-order valence-corrected chi connectivity index (χ3v) is 4.19. The number of fused-ring (bicyclic) bond motifs is 1. The van der Waals surface area contributed by atoms with Crippen molar-refractivity contribution in [1.29, 1.82) is 0 Å². The van der Waals surface area contributed by atoms with Gasteiger partial charge in [0.25, 0.3) is 0 Å². The summed E-state index contributed by atoms with van der Waals surface area (Å²) in [4.78, 5) is 0. The molecule has 0 bridgehead atoms. The third-order valence-electron chi connectivity index (χ3n) is 4.19. The highest BCUT2D eigenvalue weighted by atomic mass is 16.5. The van der Waals surface area contributed by atoms with Gasteiger partial charge in [-0.15, -0.1) is 0 Å². The first-order valence-electron chi connectivity index (χ1n) is 8.43. The van der Waals surface area contributed by atoms with Gasteiger partial charge in [0.1, 0.15) is 5.75 Å². The van der Waals surface area contributed by atoms with Gasteiger partial charge < -0.3 is 24.5 Å². The molecule has 132 valence electrons. The van der Waals surface area contributed by atoms with Crippen molar-refractivity contribution < 1.29 is 14.2 Å². The number of benzene rings is 2. The van der Waals surface area contributed by atoms with Gasteiger partial charge in [-0.25, -0.2) is 0 Å². The molecule has 0 spiro atoms. The molecule has 5 nitrogen and oxygen atoms in total. The zero-order valence-electron chi connectivity index (χ0n) is 14.9. The monoisotopic (exact) mass is 340 g/mol. The van der Waals surface area contributed by atoms with Crippen molar-refractivity contribution in [3.8, 4) is 22.9 Å². The highest BCUT2D eigenvalue weighted by Gasteiger charge is 2.13. The van der Waals surface area contributed by atoms with Crippen LogP contribution >= 0.6 is 0 Å². The Morgan fingerprint density at radius 3 is 2.44 bits per heavy atom. The Balaban J connectivity index is 2.10. The summed E-state index contributed by atoms with van der Waals surface area (Å²) in [6.07, 6.45) is 4.11. The van der Waals surface area contributed by atoms with Crippen molar-refractivity contribution in [3.63, 3.8) is 0 Å². The lowest BCUT2D eigenvalue weighted by atomic mass is 10.2. The van der Waals surface area contributed by atoms with Gasteiger partial charge >= 0.3 is 0 Å². The SMILES string of the molecule is CCCCOc1cc(N)ccc1-n1ccc2cc(OC)c(OC)cc21. The molecule has 1 aromatic heterocycles. The number of hydrogen-bond acceptors (Lipinski definition) is 4. The fourth-order valence-electron chi connectivity index (χ4n) is 2.84. The average Bonchev–Trinajstić information content (AvgIpc) is 3.03. The van der Waals surface area contributed by atoms with E-state index in [1.54, 1.807) is 14.2 Å². The summed E-state index contributed by atoms with van der Waals surface area (Å²) in [5, 5.41) is 1.06. The molecular weight excluding hydrogens is 316 g/mol. The molecule has 2 N–H and O–H groups in total. The van der Waals surface area contributed by atoms with Gasteiger partial charge in [0.2, 0.25) is 0 Å². The van der Waals surface area contributed by atoms with E-state index >= 15 is 0 Å². The Morgan fingerprint density at radius 2 is 1.72 bits per heavy atom. The molecule has 0 saturated heterocycles. The summed E-state index contributed by atoms with van der Waals surface area (Å²) in [5.74, 6) is 2.18. The van der Waals surface area contributed by atoms with Gasteiger partial charge in [-0.3, -0.25) is 0 Å². The van der Waals surface area contributed by atoms with Crippen LogP contribution < -0.4 is 19.9 Å². The molecule has 3 aromatic rings. The molecule has 0 aliphatic heterocycles. The van der Waals surface area contributed by atoms with Crippen LogP contribution in [-0.4, -0.2) is 25.4 Å². The highest BCUT2D eigenvalue weighted by molar-refractivity contribution is 5.86. The van der Waals surface area contributed by atoms with Crippen LogP contribution in [0.25, 0.3) is 16.6 Å². The highest BCUT2D eigenvalue weighted by Crippen LogP contribution is 2.36. The largest absolute Gasteiger partial charge is 0.493 e. The van der Waals surface area contributed by atoms with Gasteiger partial charge in [-0.1, -0.05) is 13.3 Å². The number of nitrogens with zero attached hydrogens (tertiary/aromatic N) is 1. The maximum absolute atomic E-state index is 5.98. The predicted molar refractivity (Wildman–Crippen MR) is 101 cm³/mol. The van der Waals surface area contributed by atoms with E-state index in [-0.39, 0.29) is 0 Å². The zero-order chi connectivity index (χ0) is 17.8. The minimum Gasteiger partial charge on any atom is -0.493 e. The molecule has 0 amide bonds. The van der Waals surface area contributed by atoms with Crippen molar-refractivity contribution in [1.82, 2.24) is 4.57 Å². The van der Waals surface area contributed by atoms with Crippen LogP contribution in [0.1, 0.15) is 19.8 Å². The molecule has 1 heterocycles. The summed E-state index contributed by atoms with van der Waals surface area (Å²) in [6, 6.07) is 11.7. The number of aromatic nitrogens is 1. The lowest BCUT2D eigenvalue weighted by Crippen LogP contribution is -2.03. The van der Waals surface area contributed by atoms with Crippen LogP contribution in [-0.2, 0) is 0 Å². The number of ether oxygens (including phenoxy) is 3. The lowest BCUT2D eigenvalue weighted by molar-refractivity contribution is 0.309. The maximum Gasteiger partial charge on any atom is 0.162 e. The lowest BCUT2D eigenvalue weighted by Gasteiger charge is -2.15. The van der Waals surface area contributed by atoms with Crippen LogP contribution in [0.3, 0.4) is 0 Å². The van der Waals surface area contributed by atoms with Crippen LogP contribution in [0, 0.1) is 0 Å². The molecular formula is C20H24N2O3. The Bertz CT molecular complexity index is 871. The van der Waals surface area contributed by atoms with Crippen molar-refractivity contribution in [2.24, 2.45) is 0 Å². The van der Waals surface area contributed by atoms with Crippen molar-refractivity contribution >= 4 is 16.6 Å². The molecule has 0 unspecified atom stereocenters. The number of rotatable bonds is 7. The minimum absolute atomic E-state index is 0.670. The molecule has 25 heavy (non-hydrogen) atoms. The number of nitrogen functional groups attached to an aromatic ring is 1. The Morgan fingerprint density at radius 1 is 0.960 bits per heavy atom. The second-order valence-corrected chi connectivity index (χ2v) is 5.88. The van der Waals surface area contributed by atoms with E-state index in [4.69, 9.17) is 19.9 Å². The second-order valence-electron chi connectivity index (χ2n) is 5.88. The first-order chi connectivity index (χ1) is 12.2. The molecule has 0 aliphatic carbocycles. The first-order valence-corrected chi connectivity index (χ1v) is 8.43. The van der Waals surface area contributed by atoms with Gasteiger partial charge in [0.05, 0.1) is 32.0 Å². The molecule has 5 heteroatoms. The minimum atomic E-state index is 0.670. The van der Waals surface area contributed by atoms with E-state index in [0.717, 1.165) is 35.2 Å². The molecule has 0 fully saturated rings. The van der Waals surface area contributed by atoms with Crippen LogP contribution in [0.4, 0.5) is 5.69 Å². The molecule has 3 rings (SSSR count). The van der Waals surface area contributed by atoms with E-state index in [0.29, 0.717) is 23.8 Å². The summed E-state index contributed by atoms with van der Waals surface area (Å²) in [6.45, 7) is 2.81. The van der Waals surface area contributed by atoms with Crippen LogP contribution in [0.2, 0.25) is 0 Å². The van der Waals surface area contributed by atoms with E-state index in [9.17, 15) is 0 Å². The average molecular weight is 340 g/mol. The van der Waals surface area contributed by atoms with Crippen molar-refractivity contribution in [2.75, 3.05) is 26.6 Å². The van der Waals surface area contributed by atoms with Gasteiger partial charge in [-0.2, -0.15) is 0 Å². The van der Waals surface area contributed by atoms with Crippen LogP contribution in [0.15, 0.2) is 42.6 Å². The van der Waals surface area contributed by atoms with Crippen LogP contribution in [0.5, 0.6) is 17.2 Å². The Hall–Kier alpha value is -2.82. The van der Waals surface area contributed by atoms with Gasteiger partial charge in [0.15, 0.2) is 11.5 Å². The van der Waals surface area contributed by atoms with E-state index in [2.05, 4.69) is 11.5 Å². The molecule has 0 aliphatic rings. The summed E-state index contributed by atoms with van der Waals surface area (Å²) < 4.78 is 18.9. The number of hydrogen-bond donors (Lipinski definition) is 1. The fourth-order valence-corrected chi connectivity index (χ4v) is 2.84. The Labute approximate surface area is 147 Å². The number of unbranched alkanes of at least 4 members (excludes halogenated alkanes) is 1. The number of nitrogens with two attached hydrogens (primary N) is 1. The summed E-state index contributed by atoms with van der Waals surface area (Å²) >= 11 is 0. The van der Waals surface area contributed by atoms with Crippen molar-refractivity contribution in [2.45, 2.75) is 19.8 Å². The maximum atomic E-state index is 5.98. The van der Waals surface area contributed by atoms with E-state index in [1.807, 2.05) is 42.6 Å². The summed E-state index contributed by atoms with van der Waals surface area (Å²) in [5.41, 5.74) is 8.61. The van der Waals surface area contributed by atoms with E-state index < -0.39 is 0 Å². The molecule has 2 aromatic carbocycles. The molecule has 0 atom stereocenters. The fraction of sp³-hybridized carbons (Fsp3) is 0.300. The topological polar surface area (TPSA) is 58.6 Å². The Kier molecular flexibility index (Phi) is 5.03. The van der Waals surface area contributed by atoms with Gasteiger partial charge in [-0.05, 0) is 30.7 Å². The van der Waals surface area contributed by atoms with E-state index in [1.165, 1.54) is 0 Å². The smallest absolute Gasteiger partial charge is 0.162 e. The quantitative estimate of drug-likeness (QED) is 0.511. The molecule has 0 radical (unpaired) electrons. The number of methoxy groups -OCH3 is 2. The third kappa shape index (κ3) is 3.36. The van der Waals surface area contributed by atoms with Gasteiger partial charge in [0, 0.05) is 29.4 Å². The normalized spacial score (nSPS) is 10.8. The standard InChI is InChI=1S/C20H24N2O3/c1-4-5-10-25-18-12-15(21)6-7-16(18)22-9-8-14-11-19(23-2)20(24-3)13-17(14)22/h6-9,11-13H,4-5,10,21H2,1-3H3. The second kappa shape index (κ2) is 7.38. The first kappa shape index (κ1) is 17.0. The zero-order valence-corrected chi connectivity index (χ0v) is 14.9. The predicted octanol–water partition coefficient (Wildman–Crippen LogP) is 4.41. The molecule has 0 saturated carbocycles. The number of anilines is 1.